The van der Waals surface area contributed by atoms with Gasteiger partial charge in [0.15, 0.2) is 0 Å². The molecule has 1 heterocycles. The van der Waals surface area contributed by atoms with Crippen LogP contribution in [0.5, 0.6) is 0 Å². The van der Waals surface area contributed by atoms with Crippen molar-refractivity contribution in [3.05, 3.63) is 41.8 Å². The molecule has 0 saturated heterocycles. The Morgan fingerprint density at radius 2 is 1.69 bits per heavy atom. The van der Waals surface area contributed by atoms with Gasteiger partial charge in [-0.1, -0.05) is 0 Å². The Hall–Kier alpha value is -1.85. The van der Waals surface area contributed by atoms with Crippen molar-refractivity contribution >= 4 is 0 Å². The van der Waals surface area contributed by atoms with Gasteiger partial charge in [0, 0.05) is 5.56 Å². The maximum absolute atomic E-state index is 12.6. The summed E-state index contributed by atoms with van der Waals surface area (Å²) in [6, 6.07) is 4.71. The Balaban J connectivity index is 2.49. The van der Waals surface area contributed by atoms with Crippen LogP contribution in [0.15, 0.2) is 30.5 Å². The zero-order valence-electron chi connectivity index (χ0n) is 7.85. The van der Waals surface area contributed by atoms with Crippen molar-refractivity contribution in [2.75, 3.05) is 0 Å². The van der Waals surface area contributed by atoms with Crippen LogP contribution in [0.25, 0.3) is 11.3 Å². The number of aromatic amines is 1. The van der Waals surface area contributed by atoms with E-state index in [-0.39, 0.29) is 11.3 Å². The summed E-state index contributed by atoms with van der Waals surface area (Å²) in [7, 11) is 0. The Bertz CT molecular complexity index is 484. The van der Waals surface area contributed by atoms with Gasteiger partial charge in [-0.2, -0.15) is 18.3 Å². The Labute approximate surface area is 87.9 Å². The number of nitrogens with one attached hydrogen (secondary N) is 1. The van der Waals surface area contributed by atoms with Gasteiger partial charge in [-0.05, 0) is 24.3 Å². The predicted octanol–water partition coefficient (Wildman–Crippen LogP) is 3.23. The molecule has 0 aliphatic rings. The topological polar surface area (TPSA) is 28.7 Å². The van der Waals surface area contributed by atoms with Crippen molar-refractivity contribution in [2.45, 2.75) is 6.18 Å². The number of halogens is 4. The van der Waals surface area contributed by atoms with E-state index in [1.54, 1.807) is 0 Å². The van der Waals surface area contributed by atoms with Crippen LogP contribution in [0, 0.1) is 5.82 Å². The molecular weight excluding hydrogens is 224 g/mol. The highest BCUT2D eigenvalue weighted by atomic mass is 19.4. The molecule has 2 aromatic rings. The fraction of sp³-hybridized carbons (Fsp3) is 0.100. The van der Waals surface area contributed by atoms with Crippen molar-refractivity contribution in [1.29, 1.82) is 0 Å². The monoisotopic (exact) mass is 230 g/mol. The first-order valence-corrected chi connectivity index (χ1v) is 4.35. The lowest BCUT2D eigenvalue weighted by Crippen LogP contribution is -2.05. The maximum atomic E-state index is 12.6. The van der Waals surface area contributed by atoms with Crippen LogP contribution in [0.1, 0.15) is 5.56 Å². The molecule has 0 bridgehead atoms. The summed E-state index contributed by atoms with van der Waals surface area (Å²) in [5, 5.41) is 5.60. The highest BCUT2D eigenvalue weighted by Gasteiger charge is 2.35. The summed E-state index contributed by atoms with van der Waals surface area (Å²) in [6.07, 6.45) is -3.77. The predicted molar refractivity (Wildman–Crippen MR) is 49.0 cm³/mol. The first-order valence-electron chi connectivity index (χ1n) is 4.35. The lowest BCUT2D eigenvalue weighted by atomic mass is 10.1. The van der Waals surface area contributed by atoms with Crippen LogP contribution in [0.2, 0.25) is 0 Å². The number of H-pyrrole nitrogens is 1. The third-order valence-electron chi connectivity index (χ3n) is 2.08. The van der Waals surface area contributed by atoms with Crippen molar-refractivity contribution in [3.8, 4) is 11.3 Å². The van der Waals surface area contributed by atoms with Crippen LogP contribution in [-0.4, -0.2) is 10.2 Å². The first-order chi connectivity index (χ1) is 7.48. The summed E-state index contributed by atoms with van der Waals surface area (Å²) >= 11 is 0. The molecule has 1 aromatic carbocycles. The number of hydrogen-bond acceptors (Lipinski definition) is 1. The van der Waals surface area contributed by atoms with Gasteiger partial charge in [-0.3, -0.25) is 5.10 Å². The molecule has 0 aliphatic carbocycles. The minimum atomic E-state index is -4.48. The summed E-state index contributed by atoms with van der Waals surface area (Å²) in [5.41, 5.74) is -0.780. The second-order valence-electron chi connectivity index (χ2n) is 3.16. The summed E-state index contributed by atoms with van der Waals surface area (Å²) < 4.78 is 50.2. The average molecular weight is 230 g/mol. The lowest BCUT2D eigenvalue weighted by Gasteiger charge is -2.06. The molecule has 16 heavy (non-hydrogen) atoms. The Kier molecular flexibility index (Phi) is 2.41. The normalized spacial score (nSPS) is 11.8. The number of alkyl halides is 3. The molecule has 0 amide bonds. The molecule has 6 heteroatoms. The van der Waals surface area contributed by atoms with E-state index in [1.807, 2.05) is 0 Å². The van der Waals surface area contributed by atoms with Gasteiger partial charge in [-0.15, -0.1) is 0 Å². The van der Waals surface area contributed by atoms with Crippen LogP contribution in [0.3, 0.4) is 0 Å². The van der Waals surface area contributed by atoms with Crippen molar-refractivity contribution in [2.24, 2.45) is 0 Å². The van der Waals surface area contributed by atoms with E-state index in [9.17, 15) is 17.6 Å². The van der Waals surface area contributed by atoms with Gasteiger partial charge in [-0.25, -0.2) is 4.39 Å². The molecule has 84 valence electrons. The largest absolute Gasteiger partial charge is 0.420 e. The molecule has 0 radical (unpaired) electrons. The zero-order chi connectivity index (χ0) is 11.8. The van der Waals surface area contributed by atoms with E-state index in [4.69, 9.17) is 0 Å². The van der Waals surface area contributed by atoms with Crippen LogP contribution < -0.4 is 0 Å². The van der Waals surface area contributed by atoms with Gasteiger partial charge < -0.3 is 0 Å². The molecule has 2 nitrogen and oxygen atoms in total. The third kappa shape index (κ3) is 1.91. The quantitative estimate of drug-likeness (QED) is 0.748. The molecule has 0 saturated carbocycles. The number of aromatic nitrogens is 2. The van der Waals surface area contributed by atoms with Gasteiger partial charge in [0.05, 0.1) is 11.9 Å². The third-order valence-corrected chi connectivity index (χ3v) is 2.08. The second-order valence-corrected chi connectivity index (χ2v) is 3.16. The summed E-state index contributed by atoms with van der Waals surface area (Å²) in [5.74, 6) is -0.503. The van der Waals surface area contributed by atoms with Gasteiger partial charge in [0.25, 0.3) is 0 Å². The van der Waals surface area contributed by atoms with Crippen molar-refractivity contribution in [3.63, 3.8) is 0 Å². The first kappa shape index (κ1) is 10.7. The SMILES string of the molecule is Fc1ccc(-c2[nH]ncc2C(F)(F)F)cc1. The van der Waals surface area contributed by atoms with E-state index in [2.05, 4.69) is 10.2 Å². The number of rotatable bonds is 1. The Morgan fingerprint density at radius 1 is 1.06 bits per heavy atom. The second kappa shape index (κ2) is 3.62. The van der Waals surface area contributed by atoms with E-state index in [0.29, 0.717) is 6.20 Å². The maximum Gasteiger partial charge on any atom is 0.420 e. The standard InChI is InChI=1S/C10H6F4N2/c11-7-3-1-6(2-4-7)9-8(5-15-16-9)10(12,13)14/h1-5H,(H,15,16). The smallest absolute Gasteiger partial charge is 0.277 e. The van der Waals surface area contributed by atoms with Crippen LogP contribution in [-0.2, 0) is 6.18 Å². The Morgan fingerprint density at radius 3 is 2.25 bits per heavy atom. The number of benzene rings is 1. The minimum Gasteiger partial charge on any atom is -0.277 e. The molecule has 2 rings (SSSR count). The van der Waals surface area contributed by atoms with Gasteiger partial charge >= 0.3 is 6.18 Å². The lowest BCUT2D eigenvalue weighted by molar-refractivity contribution is -0.137. The van der Waals surface area contributed by atoms with E-state index >= 15 is 0 Å². The van der Waals surface area contributed by atoms with E-state index < -0.39 is 17.6 Å². The van der Waals surface area contributed by atoms with Gasteiger partial charge in [0.1, 0.15) is 11.4 Å². The fourth-order valence-corrected chi connectivity index (χ4v) is 1.34. The number of nitrogens with zero attached hydrogens (tertiary/aromatic N) is 1. The zero-order valence-corrected chi connectivity index (χ0v) is 7.85. The number of hydrogen-bond donors (Lipinski definition) is 1. The molecule has 1 aromatic heterocycles. The molecule has 0 unspecified atom stereocenters. The summed E-state index contributed by atoms with van der Waals surface area (Å²) in [6.45, 7) is 0. The highest BCUT2D eigenvalue weighted by molar-refractivity contribution is 5.63. The highest BCUT2D eigenvalue weighted by Crippen LogP contribution is 2.35. The average Bonchev–Trinajstić information content (AvgIpc) is 2.66. The molecule has 0 fully saturated rings. The molecule has 1 N–H and O–H groups in total. The van der Waals surface area contributed by atoms with Crippen molar-refractivity contribution in [1.82, 2.24) is 10.2 Å². The summed E-state index contributed by atoms with van der Waals surface area (Å²) in [4.78, 5) is 0. The van der Waals surface area contributed by atoms with Crippen LogP contribution in [0.4, 0.5) is 17.6 Å². The van der Waals surface area contributed by atoms with Gasteiger partial charge in [0.2, 0.25) is 0 Å². The van der Waals surface area contributed by atoms with Crippen LogP contribution >= 0.6 is 0 Å². The molecule has 0 atom stereocenters. The fourth-order valence-electron chi connectivity index (χ4n) is 1.34. The van der Waals surface area contributed by atoms with E-state index in [1.165, 1.54) is 12.1 Å². The molecule has 0 aliphatic heterocycles. The minimum absolute atomic E-state index is 0.160. The molecule has 0 spiro atoms. The molecular formula is C10H6F4N2. The van der Waals surface area contributed by atoms with Crippen molar-refractivity contribution < 1.29 is 17.6 Å². The van der Waals surface area contributed by atoms with E-state index in [0.717, 1.165) is 12.1 Å².